The van der Waals surface area contributed by atoms with Crippen molar-refractivity contribution in [1.29, 1.82) is 0 Å². The Morgan fingerprint density at radius 3 is 2.60 bits per heavy atom. The number of ketones is 1. The van der Waals surface area contributed by atoms with Crippen molar-refractivity contribution in [2.45, 2.75) is 47.1 Å². The Labute approximate surface area is 148 Å². The average Bonchev–Trinajstić information content (AvgIpc) is 2.87. The molecule has 0 saturated heterocycles. The zero-order chi connectivity index (χ0) is 18.6. The highest BCUT2D eigenvalue weighted by Crippen LogP contribution is 2.20. The average molecular weight is 342 g/mol. The number of benzene rings is 1. The first-order valence-electron chi connectivity index (χ1n) is 8.56. The first kappa shape index (κ1) is 18.8. The molecule has 25 heavy (non-hydrogen) atoms. The second kappa shape index (κ2) is 8.01. The summed E-state index contributed by atoms with van der Waals surface area (Å²) < 4.78 is 5.60. The van der Waals surface area contributed by atoms with Crippen LogP contribution in [0.1, 0.15) is 57.9 Å². The van der Waals surface area contributed by atoms with Gasteiger partial charge in [0.2, 0.25) is 5.78 Å². The van der Waals surface area contributed by atoms with Gasteiger partial charge in [-0.2, -0.15) is 0 Å². The second-order valence-corrected chi connectivity index (χ2v) is 6.44. The molecule has 0 bridgehead atoms. The number of amides is 1. The lowest BCUT2D eigenvalue weighted by atomic mass is 10.1. The molecule has 1 heterocycles. The summed E-state index contributed by atoms with van der Waals surface area (Å²) in [5.41, 5.74) is 3.39. The van der Waals surface area contributed by atoms with Gasteiger partial charge in [-0.05, 0) is 57.4 Å². The van der Waals surface area contributed by atoms with Crippen LogP contribution in [0.25, 0.3) is 0 Å². The van der Waals surface area contributed by atoms with Crippen molar-refractivity contribution in [3.8, 4) is 5.75 Å². The maximum absolute atomic E-state index is 12.6. The number of hydrogen-bond acceptors (Lipinski definition) is 3. The van der Waals surface area contributed by atoms with E-state index in [0.717, 1.165) is 12.0 Å². The van der Waals surface area contributed by atoms with E-state index in [1.54, 1.807) is 13.8 Å². The molecule has 134 valence electrons. The Kier molecular flexibility index (Phi) is 6.02. The Morgan fingerprint density at radius 2 is 1.96 bits per heavy atom. The van der Waals surface area contributed by atoms with Crippen molar-refractivity contribution in [2.24, 2.45) is 0 Å². The van der Waals surface area contributed by atoms with Gasteiger partial charge in [-0.15, -0.1) is 0 Å². The maximum atomic E-state index is 12.6. The van der Waals surface area contributed by atoms with Gasteiger partial charge >= 0.3 is 0 Å². The summed E-state index contributed by atoms with van der Waals surface area (Å²) in [5.74, 6) is 0.331. The summed E-state index contributed by atoms with van der Waals surface area (Å²) in [7, 11) is 0. The molecule has 2 aromatic rings. The van der Waals surface area contributed by atoms with Crippen LogP contribution < -0.4 is 10.1 Å². The van der Waals surface area contributed by atoms with Gasteiger partial charge in [-0.3, -0.25) is 9.59 Å². The van der Waals surface area contributed by atoms with Crippen molar-refractivity contribution in [1.82, 2.24) is 10.3 Å². The molecular formula is C20H26N2O3. The minimum atomic E-state index is -0.186. The maximum Gasteiger partial charge on any atom is 0.268 e. The van der Waals surface area contributed by atoms with Gasteiger partial charge in [0, 0.05) is 17.3 Å². The number of rotatable bonds is 7. The third kappa shape index (κ3) is 4.50. The number of Topliss-reactive ketones (excluding diaryl/α,β-unsaturated/α-hetero) is 1. The molecule has 1 amide bonds. The Hall–Kier alpha value is -2.56. The fourth-order valence-corrected chi connectivity index (χ4v) is 2.72. The first-order chi connectivity index (χ1) is 11.8. The monoisotopic (exact) mass is 342 g/mol. The van der Waals surface area contributed by atoms with Gasteiger partial charge in [-0.1, -0.05) is 19.1 Å². The summed E-state index contributed by atoms with van der Waals surface area (Å²) in [6, 6.07) is 7.65. The van der Waals surface area contributed by atoms with E-state index in [-0.39, 0.29) is 24.3 Å². The van der Waals surface area contributed by atoms with E-state index in [2.05, 4.69) is 10.3 Å². The lowest BCUT2D eigenvalue weighted by molar-refractivity contribution is 0.0920. The van der Waals surface area contributed by atoms with Crippen molar-refractivity contribution < 1.29 is 14.3 Å². The molecule has 0 spiro atoms. The van der Waals surface area contributed by atoms with Crippen LogP contribution in [-0.2, 0) is 0 Å². The second-order valence-electron chi connectivity index (χ2n) is 6.44. The number of carbonyl (C=O) groups excluding carboxylic acids is 2. The number of ether oxygens (including phenoxy) is 1. The lowest BCUT2D eigenvalue weighted by Gasteiger charge is -2.11. The molecule has 0 aliphatic carbocycles. The van der Waals surface area contributed by atoms with Crippen LogP contribution in [0.5, 0.6) is 5.75 Å². The molecule has 1 unspecified atom stereocenters. The van der Waals surface area contributed by atoms with E-state index < -0.39 is 0 Å². The topological polar surface area (TPSA) is 71.2 Å². The number of aryl methyl sites for hydroxylation is 2. The third-order valence-corrected chi connectivity index (χ3v) is 4.29. The van der Waals surface area contributed by atoms with Gasteiger partial charge in [0.15, 0.2) is 6.61 Å². The first-order valence-corrected chi connectivity index (χ1v) is 8.56. The zero-order valence-electron chi connectivity index (χ0n) is 15.5. The van der Waals surface area contributed by atoms with E-state index in [0.29, 0.717) is 28.3 Å². The van der Waals surface area contributed by atoms with Crippen LogP contribution in [0.3, 0.4) is 0 Å². The van der Waals surface area contributed by atoms with Gasteiger partial charge in [0.25, 0.3) is 5.91 Å². The van der Waals surface area contributed by atoms with E-state index in [9.17, 15) is 9.59 Å². The van der Waals surface area contributed by atoms with Crippen molar-refractivity contribution in [3.63, 3.8) is 0 Å². The lowest BCUT2D eigenvalue weighted by Crippen LogP contribution is -2.32. The van der Waals surface area contributed by atoms with E-state index in [1.807, 2.05) is 45.0 Å². The fourth-order valence-electron chi connectivity index (χ4n) is 2.72. The van der Waals surface area contributed by atoms with Crippen LogP contribution in [0.4, 0.5) is 0 Å². The molecule has 0 aliphatic rings. The molecule has 2 rings (SSSR count). The molecule has 2 N–H and O–H groups in total. The molecule has 0 radical (unpaired) electrons. The number of H-pyrrole nitrogens is 1. The molecule has 5 nitrogen and oxygen atoms in total. The van der Waals surface area contributed by atoms with Crippen LogP contribution in [0.2, 0.25) is 0 Å². The minimum absolute atomic E-state index is 0.0601. The van der Waals surface area contributed by atoms with Crippen molar-refractivity contribution in [3.05, 3.63) is 52.3 Å². The highest BCUT2D eigenvalue weighted by Gasteiger charge is 2.22. The number of nitrogens with one attached hydrogen (secondary N) is 2. The molecule has 0 fully saturated rings. The Morgan fingerprint density at radius 1 is 1.24 bits per heavy atom. The summed E-state index contributed by atoms with van der Waals surface area (Å²) in [6.07, 6.45) is 0.848. The summed E-state index contributed by atoms with van der Waals surface area (Å²) >= 11 is 0. The number of aromatic nitrogens is 1. The summed E-state index contributed by atoms with van der Waals surface area (Å²) in [6.45, 7) is 9.45. The zero-order valence-corrected chi connectivity index (χ0v) is 15.5. The predicted octanol–water partition coefficient (Wildman–Crippen LogP) is 3.73. The number of aromatic amines is 1. The van der Waals surface area contributed by atoms with Gasteiger partial charge in [0.1, 0.15) is 11.4 Å². The highest BCUT2D eigenvalue weighted by atomic mass is 16.5. The van der Waals surface area contributed by atoms with Crippen LogP contribution >= 0.6 is 0 Å². The normalized spacial score (nSPS) is 11.9. The van der Waals surface area contributed by atoms with Gasteiger partial charge < -0.3 is 15.0 Å². The number of carbonyl (C=O) groups is 2. The largest absolute Gasteiger partial charge is 0.485 e. The van der Waals surface area contributed by atoms with E-state index in [1.165, 1.54) is 0 Å². The molecule has 1 aromatic carbocycles. The van der Waals surface area contributed by atoms with Crippen LogP contribution in [0.15, 0.2) is 24.3 Å². The SMILES string of the molecule is CCC(C)NC(=O)c1[nH]c(C)c(C(=O)COc2cccc(C)c2)c1C. The fraction of sp³-hybridized carbons (Fsp3) is 0.400. The molecule has 1 atom stereocenters. The third-order valence-electron chi connectivity index (χ3n) is 4.29. The number of hydrogen-bond donors (Lipinski definition) is 2. The van der Waals surface area contributed by atoms with Crippen molar-refractivity contribution >= 4 is 11.7 Å². The Bertz CT molecular complexity index is 777. The van der Waals surface area contributed by atoms with Gasteiger partial charge in [0.05, 0.1) is 0 Å². The Balaban J connectivity index is 2.13. The molecular weight excluding hydrogens is 316 g/mol. The highest BCUT2D eigenvalue weighted by molar-refractivity contribution is 6.04. The van der Waals surface area contributed by atoms with Crippen LogP contribution in [0, 0.1) is 20.8 Å². The van der Waals surface area contributed by atoms with Gasteiger partial charge in [-0.25, -0.2) is 0 Å². The molecule has 0 saturated carbocycles. The van der Waals surface area contributed by atoms with E-state index in [4.69, 9.17) is 4.74 Å². The van der Waals surface area contributed by atoms with Crippen LogP contribution in [-0.4, -0.2) is 29.3 Å². The summed E-state index contributed by atoms with van der Waals surface area (Å²) in [5, 5.41) is 2.92. The predicted molar refractivity (Wildman–Crippen MR) is 98.5 cm³/mol. The minimum Gasteiger partial charge on any atom is -0.485 e. The quantitative estimate of drug-likeness (QED) is 0.753. The van der Waals surface area contributed by atoms with E-state index >= 15 is 0 Å². The molecule has 0 aliphatic heterocycles. The summed E-state index contributed by atoms with van der Waals surface area (Å²) in [4.78, 5) is 28.0. The molecule has 1 aromatic heterocycles. The molecule has 5 heteroatoms. The van der Waals surface area contributed by atoms with Crippen molar-refractivity contribution in [2.75, 3.05) is 6.61 Å². The smallest absolute Gasteiger partial charge is 0.268 e. The standard InChI is InChI=1S/C20H26N2O3/c1-6-13(3)21-20(24)19-14(4)18(15(5)22-19)17(23)11-25-16-9-7-8-12(2)10-16/h7-10,13,22H,6,11H2,1-5H3,(H,21,24).